The normalized spacial score (nSPS) is 11.1. The predicted octanol–water partition coefficient (Wildman–Crippen LogP) is 9.73. The van der Waals surface area contributed by atoms with Gasteiger partial charge in [0.15, 0.2) is 0 Å². The van der Waals surface area contributed by atoms with E-state index in [4.69, 9.17) is 0 Å². The summed E-state index contributed by atoms with van der Waals surface area (Å²) in [5.74, 6) is 0. The molecule has 0 bridgehead atoms. The van der Waals surface area contributed by atoms with Gasteiger partial charge in [0, 0.05) is 0 Å². The van der Waals surface area contributed by atoms with Crippen LogP contribution in [0.4, 0.5) is 0 Å². The average molecular weight is 463 g/mol. The predicted molar refractivity (Wildman–Crippen MR) is 136 cm³/mol. The first-order valence-corrected chi connectivity index (χ1v) is 12.9. The van der Waals surface area contributed by atoms with Gasteiger partial charge in [-0.2, -0.15) is 0 Å². The van der Waals surface area contributed by atoms with Crippen LogP contribution in [0.1, 0.15) is 148 Å². The van der Waals surface area contributed by atoms with E-state index in [9.17, 15) is 0 Å². The van der Waals surface area contributed by atoms with Gasteiger partial charge < -0.3 is 4.90 Å². The second-order valence-electron chi connectivity index (χ2n) is 9.23. The quantitative estimate of drug-likeness (QED) is 0.137. The van der Waals surface area contributed by atoms with Crippen molar-refractivity contribution in [2.45, 2.75) is 148 Å². The highest BCUT2D eigenvalue weighted by Crippen LogP contribution is 2.15. The Bertz CT molecular complexity index is 255. The van der Waals surface area contributed by atoms with E-state index in [0.717, 1.165) is 0 Å². The maximum atomic E-state index is 2.30. The first-order valence-electron chi connectivity index (χ1n) is 12.9. The van der Waals surface area contributed by atoms with Crippen LogP contribution < -0.4 is 0 Å². The van der Waals surface area contributed by atoms with Gasteiger partial charge in [0.25, 0.3) is 0 Å². The lowest BCUT2D eigenvalue weighted by molar-refractivity contribution is 0.389. The fourth-order valence-corrected chi connectivity index (χ4v) is 4.04. The average Bonchev–Trinajstić information content (AvgIpc) is 2.65. The topological polar surface area (TPSA) is 3.24 Å². The van der Waals surface area contributed by atoms with Crippen LogP contribution in [0, 0.1) is 0 Å². The van der Waals surface area contributed by atoms with Crippen molar-refractivity contribution in [3.63, 3.8) is 0 Å². The van der Waals surface area contributed by atoms with E-state index in [1.54, 1.807) is 0 Å². The van der Waals surface area contributed by atoms with Gasteiger partial charge in [0.2, 0.25) is 0 Å². The molecule has 0 aliphatic rings. The molecule has 0 rings (SSSR count). The van der Waals surface area contributed by atoms with Crippen LogP contribution in [0.5, 0.6) is 0 Å². The molecule has 0 saturated heterocycles. The number of nitrogens with zero attached hydrogens (tertiary/aromatic N) is 1. The molecule has 0 radical (unpaired) electrons. The molecule has 0 heterocycles. The molecule has 172 valence electrons. The van der Waals surface area contributed by atoms with Crippen LogP contribution >= 0.6 is 17.0 Å². The minimum atomic E-state index is 0. The van der Waals surface area contributed by atoms with E-state index in [2.05, 4.69) is 25.9 Å². The summed E-state index contributed by atoms with van der Waals surface area (Å²) >= 11 is 0. The van der Waals surface area contributed by atoms with Gasteiger partial charge >= 0.3 is 0 Å². The number of unbranched alkanes of at least 4 members (excludes halogenated alkanes) is 21. The molecule has 0 spiro atoms. The minimum absolute atomic E-state index is 0. The molecular formula is C26H56BrN. The third kappa shape index (κ3) is 28.6. The zero-order valence-electron chi connectivity index (χ0n) is 20.1. The van der Waals surface area contributed by atoms with E-state index in [1.165, 1.54) is 148 Å². The van der Waals surface area contributed by atoms with Crippen LogP contribution in [0.2, 0.25) is 0 Å². The van der Waals surface area contributed by atoms with Crippen LogP contribution in [-0.2, 0) is 0 Å². The highest BCUT2D eigenvalue weighted by atomic mass is 79.9. The Hall–Kier alpha value is 0.440. The van der Waals surface area contributed by atoms with Crippen LogP contribution in [0.3, 0.4) is 0 Å². The molecule has 0 fully saturated rings. The summed E-state index contributed by atoms with van der Waals surface area (Å²) in [6, 6.07) is 0. The Morgan fingerprint density at radius 1 is 0.357 bits per heavy atom. The van der Waals surface area contributed by atoms with Crippen LogP contribution in [-0.4, -0.2) is 25.5 Å². The van der Waals surface area contributed by atoms with Gasteiger partial charge in [-0.05, 0) is 27.1 Å². The molecule has 0 unspecified atom stereocenters. The van der Waals surface area contributed by atoms with Gasteiger partial charge in [-0.15, -0.1) is 17.0 Å². The summed E-state index contributed by atoms with van der Waals surface area (Å²) in [6.45, 7) is 3.57. The SMILES string of the molecule is Br.CCCCCCCCCCCCCCCCCCCCCCCCN(C)C. The van der Waals surface area contributed by atoms with Gasteiger partial charge in [-0.3, -0.25) is 0 Å². The smallest absolute Gasteiger partial charge is 0.00248 e. The Kier molecular flexibility index (Phi) is 30.0. The molecule has 0 N–H and O–H groups in total. The monoisotopic (exact) mass is 461 g/mol. The maximum Gasteiger partial charge on any atom is -0.00248 e. The summed E-state index contributed by atoms with van der Waals surface area (Å²) in [4.78, 5) is 2.30. The zero-order chi connectivity index (χ0) is 19.8. The first kappa shape index (κ1) is 30.6. The van der Waals surface area contributed by atoms with Crippen molar-refractivity contribution in [2.24, 2.45) is 0 Å². The van der Waals surface area contributed by atoms with Crippen molar-refractivity contribution in [2.75, 3.05) is 20.6 Å². The third-order valence-corrected chi connectivity index (χ3v) is 5.96. The second-order valence-corrected chi connectivity index (χ2v) is 9.23. The number of hydrogen-bond acceptors (Lipinski definition) is 1. The maximum absolute atomic E-state index is 2.30. The van der Waals surface area contributed by atoms with Gasteiger partial charge in [0.05, 0.1) is 0 Å². The summed E-state index contributed by atoms with van der Waals surface area (Å²) < 4.78 is 0. The molecule has 0 aliphatic carbocycles. The van der Waals surface area contributed by atoms with E-state index in [0.29, 0.717) is 0 Å². The van der Waals surface area contributed by atoms with E-state index < -0.39 is 0 Å². The van der Waals surface area contributed by atoms with Crippen molar-refractivity contribution in [1.29, 1.82) is 0 Å². The van der Waals surface area contributed by atoms with E-state index in [1.807, 2.05) is 0 Å². The van der Waals surface area contributed by atoms with Gasteiger partial charge in [-0.25, -0.2) is 0 Å². The minimum Gasteiger partial charge on any atom is -0.309 e. The number of halogens is 1. The summed E-state index contributed by atoms with van der Waals surface area (Å²) in [5, 5.41) is 0. The summed E-state index contributed by atoms with van der Waals surface area (Å²) in [7, 11) is 4.36. The van der Waals surface area contributed by atoms with Crippen LogP contribution in [0.25, 0.3) is 0 Å². The Morgan fingerprint density at radius 2 is 0.571 bits per heavy atom. The molecule has 0 atom stereocenters. The van der Waals surface area contributed by atoms with Crippen LogP contribution in [0.15, 0.2) is 0 Å². The highest BCUT2D eigenvalue weighted by molar-refractivity contribution is 8.93. The van der Waals surface area contributed by atoms with Gasteiger partial charge in [0.1, 0.15) is 0 Å². The lowest BCUT2D eigenvalue weighted by Crippen LogP contribution is -2.12. The first-order chi connectivity index (χ1) is 13.3. The third-order valence-electron chi connectivity index (χ3n) is 5.96. The molecule has 0 aromatic rings. The Labute approximate surface area is 190 Å². The molecule has 0 aromatic heterocycles. The standard InChI is InChI=1S/C26H55N.BrH/c1-4-5-6-7-8-9-10-11-12-13-14-15-16-17-18-19-20-21-22-23-24-25-26-27(2)3;/h4-26H2,1-3H3;1H. The molecule has 28 heavy (non-hydrogen) atoms. The fraction of sp³-hybridized carbons (Fsp3) is 1.00. The molecule has 2 heteroatoms. The molecular weight excluding hydrogens is 406 g/mol. The lowest BCUT2D eigenvalue weighted by atomic mass is 10.0. The lowest BCUT2D eigenvalue weighted by Gasteiger charge is -2.08. The van der Waals surface area contributed by atoms with Crippen molar-refractivity contribution in [1.82, 2.24) is 4.90 Å². The van der Waals surface area contributed by atoms with Gasteiger partial charge in [-0.1, -0.05) is 142 Å². The molecule has 1 nitrogen and oxygen atoms in total. The molecule has 0 saturated carbocycles. The largest absolute Gasteiger partial charge is 0.309 e. The van der Waals surface area contributed by atoms with E-state index in [-0.39, 0.29) is 17.0 Å². The number of rotatable bonds is 23. The summed E-state index contributed by atoms with van der Waals surface area (Å²) in [6.07, 6.45) is 32.3. The molecule has 0 amide bonds. The van der Waals surface area contributed by atoms with Crippen molar-refractivity contribution < 1.29 is 0 Å². The number of hydrogen-bond donors (Lipinski definition) is 0. The highest BCUT2D eigenvalue weighted by Gasteiger charge is 1.96. The fourth-order valence-electron chi connectivity index (χ4n) is 4.04. The van der Waals surface area contributed by atoms with Crippen molar-refractivity contribution >= 4 is 17.0 Å². The van der Waals surface area contributed by atoms with Crippen molar-refractivity contribution in [3.8, 4) is 0 Å². The molecule has 0 aliphatic heterocycles. The second kappa shape index (κ2) is 27.4. The zero-order valence-corrected chi connectivity index (χ0v) is 21.8. The molecule has 0 aromatic carbocycles. The Morgan fingerprint density at radius 3 is 0.786 bits per heavy atom. The Balaban J connectivity index is 0. The van der Waals surface area contributed by atoms with E-state index >= 15 is 0 Å². The summed E-state index contributed by atoms with van der Waals surface area (Å²) in [5.41, 5.74) is 0. The van der Waals surface area contributed by atoms with Crippen molar-refractivity contribution in [3.05, 3.63) is 0 Å².